The molecule has 96 valence electrons. The lowest BCUT2D eigenvalue weighted by Gasteiger charge is -2.29. The second kappa shape index (κ2) is 4.28. The molecular formula is C14H19N3O. The Morgan fingerprint density at radius 3 is 3.11 bits per heavy atom. The molecule has 1 fully saturated rings. The van der Waals surface area contributed by atoms with Gasteiger partial charge in [0, 0.05) is 44.2 Å². The van der Waals surface area contributed by atoms with E-state index in [1.54, 1.807) is 0 Å². The molecule has 2 atom stereocenters. The first kappa shape index (κ1) is 11.5. The van der Waals surface area contributed by atoms with E-state index in [2.05, 4.69) is 35.5 Å². The standard InChI is InChI=1S/C14H19N3O/c1-17-5-4-10-6-9(2-3-13(10)17)11-7-14(18)16-8-12(11)15/h2-3,6,11-12H,4-5,7-8,15H2,1H3,(H,16,18). The van der Waals surface area contributed by atoms with Gasteiger partial charge in [-0.1, -0.05) is 12.1 Å². The lowest BCUT2D eigenvalue weighted by Crippen LogP contribution is -2.47. The summed E-state index contributed by atoms with van der Waals surface area (Å²) in [6.07, 6.45) is 1.60. The first-order valence-corrected chi connectivity index (χ1v) is 6.51. The summed E-state index contributed by atoms with van der Waals surface area (Å²) in [7, 11) is 2.12. The van der Waals surface area contributed by atoms with Crippen LogP contribution in [0.25, 0.3) is 0 Å². The molecule has 1 amide bonds. The Kier molecular flexibility index (Phi) is 2.74. The molecule has 2 aliphatic rings. The van der Waals surface area contributed by atoms with Gasteiger partial charge < -0.3 is 16.0 Å². The Hall–Kier alpha value is -1.55. The fourth-order valence-corrected chi connectivity index (χ4v) is 2.98. The van der Waals surface area contributed by atoms with Gasteiger partial charge in [-0.2, -0.15) is 0 Å². The molecule has 1 aromatic rings. The largest absolute Gasteiger partial charge is 0.374 e. The molecule has 3 rings (SSSR count). The zero-order valence-electron chi connectivity index (χ0n) is 10.6. The van der Waals surface area contributed by atoms with Crippen LogP contribution in [-0.4, -0.2) is 32.1 Å². The van der Waals surface area contributed by atoms with Gasteiger partial charge in [-0.3, -0.25) is 4.79 Å². The number of hydrogen-bond donors (Lipinski definition) is 2. The molecule has 4 nitrogen and oxygen atoms in total. The number of rotatable bonds is 1. The molecule has 2 aliphatic heterocycles. The first-order valence-electron chi connectivity index (χ1n) is 6.51. The van der Waals surface area contributed by atoms with Crippen molar-refractivity contribution < 1.29 is 4.79 Å². The number of nitrogens with two attached hydrogens (primary N) is 1. The first-order chi connectivity index (χ1) is 8.65. The van der Waals surface area contributed by atoms with E-state index >= 15 is 0 Å². The van der Waals surface area contributed by atoms with Gasteiger partial charge in [0.05, 0.1) is 0 Å². The maximum atomic E-state index is 11.5. The SMILES string of the molecule is CN1CCc2cc(C3CC(=O)NCC3N)ccc21. The third-order valence-electron chi connectivity index (χ3n) is 4.12. The summed E-state index contributed by atoms with van der Waals surface area (Å²) in [6.45, 7) is 1.66. The van der Waals surface area contributed by atoms with Crippen LogP contribution in [0.3, 0.4) is 0 Å². The van der Waals surface area contributed by atoms with Crippen molar-refractivity contribution in [2.45, 2.75) is 24.8 Å². The van der Waals surface area contributed by atoms with Gasteiger partial charge in [-0.05, 0) is 23.6 Å². The van der Waals surface area contributed by atoms with Crippen molar-refractivity contribution in [3.63, 3.8) is 0 Å². The number of amides is 1. The summed E-state index contributed by atoms with van der Waals surface area (Å²) in [5, 5.41) is 2.82. The molecule has 0 bridgehead atoms. The number of anilines is 1. The van der Waals surface area contributed by atoms with E-state index in [1.807, 2.05) is 0 Å². The van der Waals surface area contributed by atoms with Crippen LogP contribution < -0.4 is 16.0 Å². The van der Waals surface area contributed by atoms with Crippen LogP contribution in [0.1, 0.15) is 23.5 Å². The van der Waals surface area contributed by atoms with Gasteiger partial charge in [0.1, 0.15) is 0 Å². The zero-order valence-corrected chi connectivity index (χ0v) is 10.6. The fraction of sp³-hybridized carbons (Fsp3) is 0.500. The maximum Gasteiger partial charge on any atom is 0.220 e. The Bertz CT molecular complexity index is 486. The van der Waals surface area contributed by atoms with Gasteiger partial charge in [0.15, 0.2) is 0 Å². The Balaban J connectivity index is 1.90. The second-order valence-electron chi connectivity index (χ2n) is 5.34. The van der Waals surface area contributed by atoms with Crippen LogP contribution in [0, 0.1) is 0 Å². The fourth-order valence-electron chi connectivity index (χ4n) is 2.98. The highest BCUT2D eigenvalue weighted by molar-refractivity contribution is 5.78. The Morgan fingerprint density at radius 2 is 2.28 bits per heavy atom. The van der Waals surface area contributed by atoms with Crippen molar-refractivity contribution in [2.75, 3.05) is 25.0 Å². The van der Waals surface area contributed by atoms with Crippen LogP contribution in [0.15, 0.2) is 18.2 Å². The molecule has 0 aromatic heterocycles. The normalized spacial score (nSPS) is 27.0. The minimum atomic E-state index is 0.0277. The lowest BCUT2D eigenvalue weighted by atomic mass is 9.85. The van der Waals surface area contributed by atoms with Crippen LogP contribution in [0.2, 0.25) is 0 Å². The number of fused-ring (bicyclic) bond motifs is 1. The number of piperidine rings is 1. The Labute approximate surface area is 107 Å². The van der Waals surface area contributed by atoms with Crippen molar-refractivity contribution in [1.82, 2.24) is 5.32 Å². The predicted octanol–water partition coefficient (Wildman–Crippen LogP) is 0.610. The predicted molar refractivity (Wildman–Crippen MR) is 71.8 cm³/mol. The van der Waals surface area contributed by atoms with E-state index in [0.717, 1.165) is 13.0 Å². The minimum Gasteiger partial charge on any atom is -0.374 e. The summed E-state index contributed by atoms with van der Waals surface area (Å²) < 4.78 is 0. The molecule has 3 N–H and O–H groups in total. The van der Waals surface area contributed by atoms with E-state index in [4.69, 9.17) is 5.73 Å². The minimum absolute atomic E-state index is 0.0277. The monoisotopic (exact) mass is 245 g/mol. The van der Waals surface area contributed by atoms with Crippen LogP contribution in [0.5, 0.6) is 0 Å². The van der Waals surface area contributed by atoms with E-state index in [0.29, 0.717) is 13.0 Å². The molecule has 2 heterocycles. The molecule has 1 aromatic carbocycles. The summed E-state index contributed by atoms with van der Waals surface area (Å²) in [5.41, 5.74) is 10.0. The van der Waals surface area contributed by atoms with E-state index < -0.39 is 0 Å². The van der Waals surface area contributed by atoms with E-state index in [9.17, 15) is 4.79 Å². The van der Waals surface area contributed by atoms with Gasteiger partial charge in [-0.15, -0.1) is 0 Å². The van der Waals surface area contributed by atoms with Crippen LogP contribution >= 0.6 is 0 Å². The lowest BCUT2D eigenvalue weighted by molar-refractivity contribution is -0.122. The molecule has 0 radical (unpaired) electrons. The highest BCUT2D eigenvalue weighted by atomic mass is 16.1. The van der Waals surface area contributed by atoms with Crippen molar-refractivity contribution in [3.05, 3.63) is 29.3 Å². The topological polar surface area (TPSA) is 58.4 Å². The highest BCUT2D eigenvalue weighted by Gasteiger charge is 2.28. The average Bonchev–Trinajstić information content (AvgIpc) is 2.74. The highest BCUT2D eigenvalue weighted by Crippen LogP contribution is 2.32. The average molecular weight is 245 g/mol. The maximum absolute atomic E-state index is 11.5. The number of likely N-dealkylation sites (N-methyl/N-ethyl adjacent to an activating group) is 1. The summed E-state index contributed by atoms with van der Waals surface area (Å²) >= 11 is 0. The molecule has 0 saturated carbocycles. The second-order valence-corrected chi connectivity index (χ2v) is 5.34. The van der Waals surface area contributed by atoms with Crippen molar-refractivity contribution in [3.8, 4) is 0 Å². The summed E-state index contributed by atoms with van der Waals surface area (Å²) in [5.74, 6) is 0.272. The van der Waals surface area contributed by atoms with Crippen molar-refractivity contribution >= 4 is 11.6 Å². The van der Waals surface area contributed by atoms with Gasteiger partial charge in [0.25, 0.3) is 0 Å². The molecule has 4 heteroatoms. The third kappa shape index (κ3) is 1.86. The molecule has 0 spiro atoms. The molecule has 0 aliphatic carbocycles. The van der Waals surface area contributed by atoms with Gasteiger partial charge in [-0.25, -0.2) is 0 Å². The number of hydrogen-bond acceptors (Lipinski definition) is 3. The molecule has 18 heavy (non-hydrogen) atoms. The van der Waals surface area contributed by atoms with Crippen molar-refractivity contribution in [1.29, 1.82) is 0 Å². The quantitative estimate of drug-likeness (QED) is 0.762. The number of nitrogens with zero attached hydrogens (tertiary/aromatic N) is 1. The molecule has 2 unspecified atom stereocenters. The van der Waals surface area contributed by atoms with Crippen LogP contribution in [-0.2, 0) is 11.2 Å². The number of carbonyl (C=O) groups is 1. The zero-order chi connectivity index (χ0) is 12.7. The van der Waals surface area contributed by atoms with Gasteiger partial charge in [0.2, 0.25) is 5.91 Å². The van der Waals surface area contributed by atoms with Crippen LogP contribution in [0.4, 0.5) is 5.69 Å². The number of carbonyl (C=O) groups excluding carboxylic acids is 1. The number of benzene rings is 1. The molecule has 1 saturated heterocycles. The smallest absolute Gasteiger partial charge is 0.220 e. The summed E-state index contributed by atoms with van der Waals surface area (Å²) in [4.78, 5) is 13.8. The van der Waals surface area contributed by atoms with Crippen molar-refractivity contribution in [2.24, 2.45) is 5.73 Å². The van der Waals surface area contributed by atoms with E-state index in [1.165, 1.54) is 16.8 Å². The summed E-state index contributed by atoms with van der Waals surface area (Å²) in [6, 6.07) is 6.56. The Morgan fingerprint density at radius 1 is 1.44 bits per heavy atom. The van der Waals surface area contributed by atoms with E-state index in [-0.39, 0.29) is 17.9 Å². The third-order valence-corrected chi connectivity index (χ3v) is 4.12. The molecular weight excluding hydrogens is 226 g/mol. The number of nitrogens with one attached hydrogen (secondary N) is 1. The van der Waals surface area contributed by atoms with Gasteiger partial charge >= 0.3 is 0 Å².